The van der Waals surface area contributed by atoms with Crippen molar-refractivity contribution in [2.45, 2.75) is 57.8 Å². The summed E-state index contributed by atoms with van der Waals surface area (Å²) < 4.78 is 12.3. The van der Waals surface area contributed by atoms with Crippen molar-refractivity contribution >= 4 is 12.6 Å². The highest BCUT2D eigenvalue weighted by Gasteiger charge is 2.52. The lowest BCUT2D eigenvalue weighted by molar-refractivity contribution is 0.00578. The Bertz CT molecular complexity index is 507. The van der Waals surface area contributed by atoms with Gasteiger partial charge in [0.05, 0.1) is 11.2 Å². The average molecular weight is 309 g/mol. The number of hydrazine groups is 1. The van der Waals surface area contributed by atoms with Gasteiger partial charge in [-0.25, -0.2) is 0 Å². The molecule has 0 radical (unpaired) electrons. The van der Waals surface area contributed by atoms with Gasteiger partial charge in [0.25, 0.3) is 0 Å². The molecule has 0 amide bonds. The smallest absolute Gasteiger partial charge is 0.412 e. The summed E-state index contributed by atoms with van der Waals surface area (Å²) >= 11 is 0. The van der Waals surface area contributed by atoms with Gasteiger partial charge in [0.15, 0.2) is 0 Å². The molecular weight excluding hydrogens is 281 g/mol. The van der Waals surface area contributed by atoms with Crippen molar-refractivity contribution in [1.29, 1.82) is 0 Å². The second kappa shape index (κ2) is 6.66. The van der Waals surface area contributed by atoms with Crippen molar-refractivity contribution in [3.05, 3.63) is 29.3 Å². The van der Waals surface area contributed by atoms with E-state index < -0.39 is 0 Å². The van der Waals surface area contributed by atoms with Gasteiger partial charge in [0.1, 0.15) is 0 Å². The Labute approximate surface area is 132 Å². The third kappa shape index (κ3) is 3.06. The summed E-state index contributed by atoms with van der Waals surface area (Å²) in [5.74, 6) is 8.00. The fourth-order valence-corrected chi connectivity index (χ4v) is 2.91. The Kier molecular flexibility index (Phi) is 5.78. The van der Waals surface area contributed by atoms with Crippen LogP contribution < -0.4 is 22.9 Å². The second-order valence-corrected chi connectivity index (χ2v) is 6.65. The number of benzene rings is 1. The summed E-state index contributed by atoms with van der Waals surface area (Å²) in [7, 11) is -0.273. The van der Waals surface area contributed by atoms with E-state index in [1.807, 2.05) is 0 Å². The maximum absolute atomic E-state index is 6.15. The number of hydrogen-bond acceptors (Lipinski definition) is 5. The number of rotatable bonds is 1. The topological polar surface area (TPSA) is 128 Å². The van der Waals surface area contributed by atoms with Crippen LogP contribution in [-0.4, -0.2) is 23.8 Å². The van der Waals surface area contributed by atoms with Gasteiger partial charge in [-0.2, -0.15) is 0 Å². The highest BCUT2D eigenvalue weighted by atomic mass is 16.7. The summed E-state index contributed by atoms with van der Waals surface area (Å²) in [6, 6.07) is 6.46. The van der Waals surface area contributed by atoms with Crippen molar-refractivity contribution in [2.24, 2.45) is 17.4 Å². The molecule has 0 spiro atoms. The SMILES string of the molecule is CC1(C)OB(c2cccc3c2CC[C@H]3N)OC1(C)C.NN.O. The van der Waals surface area contributed by atoms with Crippen molar-refractivity contribution < 1.29 is 14.8 Å². The second-order valence-electron chi connectivity index (χ2n) is 6.65. The predicted octanol–water partition coefficient (Wildman–Crippen LogP) is -0.0741. The average Bonchev–Trinajstić information content (AvgIpc) is 2.90. The molecule has 1 saturated heterocycles. The Hall–Kier alpha value is -0.955. The highest BCUT2D eigenvalue weighted by Crippen LogP contribution is 2.37. The van der Waals surface area contributed by atoms with E-state index in [4.69, 9.17) is 15.0 Å². The van der Waals surface area contributed by atoms with Gasteiger partial charge in [0, 0.05) is 6.04 Å². The first-order chi connectivity index (χ1) is 9.82. The molecule has 0 unspecified atom stereocenters. The molecule has 1 atom stereocenters. The number of nitrogens with two attached hydrogens (primary N) is 3. The molecule has 1 aliphatic carbocycles. The molecule has 7 heteroatoms. The zero-order valence-corrected chi connectivity index (χ0v) is 13.8. The van der Waals surface area contributed by atoms with Crippen LogP contribution in [0.4, 0.5) is 0 Å². The molecule has 0 aromatic heterocycles. The molecule has 1 aromatic rings. The fraction of sp³-hybridized carbons (Fsp3) is 0.600. The van der Waals surface area contributed by atoms with Crippen molar-refractivity contribution in [2.75, 3.05) is 0 Å². The zero-order chi connectivity index (χ0) is 15.8. The molecule has 1 aliphatic heterocycles. The van der Waals surface area contributed by atoms with Crippen molar-refractivity contribution in [1.82, 2.24) is 0 Å². The lowest BCUT2D eigenvalue weighted by Gasteiger charge is -2.32. The van der Waals surface area contributed by atoms with E-state index in [0.29, 0.717) is 0 Å². The minimum atomic E-state index is -0.291. The lowest BCUT2D eigenvalue weighted by atomic mass is 9.75. The molecule has 1 heterocycles. The first kappa shape index (κ1) is 19.1. The molecule has 1 fully saturated rings. The largest absolute Gasteiger partial charge is 0.495 e. The fourth-order valence-electron chi connectivity index (χ4n) is 2.91. The van der Waals surface area contributed by atoms with Gasteiger partial charge in [-0.15, -0.1) is 0 Å². The van der Waals surface area contributed by atoms with Gasteiger partial charge in [-0.05, 0) is 57.1 Å². The summed E-state index contributed by atoms with van der Waals surface area (Å²) in [4.78, 5) is 0. The summed E-state index contributed by atoms with van der Waals surface area (Å²) in [5.41, 5.74) is 9.30. The maximum Gasteiger partial charge on any atom is 0.495 e. The van der Waals surface area contributed by atoms with Crippen LogP contribution in [-0.2, 0) is 15.7 Å². The van der Waals surface area contributed by atoms with Crippen LogP contribution in [0, 0.1) is 0 Å². The van der Waals surface area contributed by atoms with Crippen LogP contribution >= 0.6 is 0 Å². The Balaban J connectivity index is 0.000000775. The standard InChI is InChI=1S/C15H22BNO2.H4N2.H2O/c1-14(2)15(3,4)19-16(18-14)12-7-5-6-11-10(12)8-9-13(11)17;1-2;/h5-7,13H,8-9,17H2,1-4H3;1-2H2;1H2/t13-;;/m1../s1. The molecular formula is C15H28BN3O3. The molecule has 1 aromatic carbocycles. The Morgan fingerprint density at radius 1 is 1.09 bits per heavy atom. The van der Waals surface area contributed by atoms with Crippen LogP contribution in [0.2, 0.25) is 0 Å². The third-order valence-corrected chi connectivity index (χ3v) is 4.86. The van der Waals surface area contributed by atoms with E-state index in [-0.39, 0.29) is 29.8 Å². The van der Waals surface area contributed by atoms with Gasteiger partial charge >= 0.3 is 7.12 Å². The summed E-state index contributed by atoms with van der Waals surface area (Å²) in [6.07, 6.45) is 2.04. The van der Waals surface area contributed by atoms with Crippen molar-refractivity contribution in [3.63, 3.8) is 0 Å². The maximum atomic E-state index is 6.15. The third-order valence-electron chi connectivity index (χ3n) is 4.86. The molecule has 0 saturated carbocycles. The summed E-state index contributed by atoms with van der Waals surface area (Å²) in [5, 5.41) is 0. The summed E-state index contributed by atoms with van der Waals surface area (Å²) in [6.45, 7) is 8.34. The number of hydrogen-bond donors (Lipinski definition) is 3. The quantitative estimate of drug-likeness (QED) is 0.380. The van der Waals surface area contributed by atoms with Gasteiger partial charge in [-0.1, -0.05) is 18.2 Å². The van der Waals surface area contributed by atoms with E-state index in [2.05, 4.69) is 57.6 Å². The minimum Gasteiger partial charge on any atom is -0.412 e. The molecule has 22 heavy (non-hydrogen) atoms. The highest BCUT2D eigenvalue weighted by molar-refractivity contribution is 6.62. The zero-order valence-electron chi connectivity index (χ0n) is 13.8. The van der Waals surface area contributed by atoms with Crippen LogP contribution in [0.1, 0.15) is 51.3 Å². The van der Waals surface area contributed by atoms with E-state index in [1.165, 1.54) is 11.1 Å². The van der Waals surface area contributed by atoms with E-state index >= 15 is 0 Å². The predicted molar refractivity (Wildman–Crippen MR) is 89.4 cm³/mol. The molecule has 8 N–H and O–H groups in total. The number of fused-ring (bicyclic) bond motifs is 1. The molecule has 0 bridgehead atoms. The molecule has 2 aliphatic rings. The van der Waals surface area contributed by atoms with Crippen LogP contribution in [0.5, 0.6) is 0 Å². The van der Waals surface area contributed by atoms with E-state index in [9.17, 15) is 0 Å². The minimum absolute atomic E-state index is 0. The monoisotopic (exact) mass is 309 g/mol. The van der Waals surface area contributed by atoms with Crippen LogP contribution in [0.3, 0.4) is 0 Å². The van der Waals surface area contributed by atoms with Crippen LogP contribution in [0.15, 0.2) is 18.2 Å². The van der Waals surface area contributed by atoms with Gasteiger partial charge in [0.2, 0.25) is 0 Å². The first-order valence-corrected chi connectivity index (χ1v) is 7.38. The van der Waals surface area contributed by atoms with Gasteiger partial charge in [-0.3, -0.25) is 11.7 Å². The van der Waals surface area contributed by atoms with E-state index in [1.54, 1.807) is 0 Å². The lowest BCUT2D eigenvalue weighted by Crippen LogP contribution is -2.41. The molecule has 3 rings (SSSR count). The first-order valence-electron chi connectivity index (χ1n) is 7.38. The molecule has 124 valence electrons. The van der Waals surface area contributed by atoms with E-state index in [0.717, 1.165) is 18.3 Å². The molecule has 6 nitrogen and oxygen atoms in total. The van der Waals surface area contributed by atoms with Crippen molar-refractivity contribution in [3.8, 4) is 0 Å². The van der Waals surface area contributed by atoms with Gasteiger partial charge < -0.3 is 20.5 Å². The Morgan fingerprint density at radius 3 is 2.18 bits per heavy atom. The normalized spacial score (nSPS) is 24.1. The Morgan fingerprint density at radius 2 is 1.64 bits per heavy atom. The van der Waals surface area contributed by atoms with Crippen LogP contribution in [0.25, 0.3) is 0 Å².